The summed E-state index contributed by atoms with van der Waals surface area (Å²) in [6, 6.07) is 4.52. The molecule has 0 unspecified atom stereocenters. The van der Waals surface area contributed by atoms with Gasteiger partial charge in [0.15, 0.2) is 0 Å². The van der Waals surface area contributed by atoms with Crippen molar-refractivity contribution in [1.29, 1.82) is 0 Å². The minimum atomic E-state index is -4.67. The summed E-state index contributed by atoms with van der Waals surface area (Å²) in [5.74, 6) is -0.220. The molecule has 1 rings (SSSR count). The SMILES string of the molecule is CCc1ccc(OC(F)(F)F)c(CN)c1. The highest BCUT2D eigenvalue weighted by molar-refractivity contribution is 5.37. The third kappa shape index (κ3) is 3.43. The van der Waals surface area contributed by atoms with Gasteiger partial charge in [0.25, 0.3) is 0 Å². The van der Waals surface area contributed by atoms with E-state index in [0.717, 1.165) is 12.0 Å². The highest BCUT2D eigenvalue weighted by atomic mass is 19.4. The highest BCUT2D eigenvalue weighted by Crippen LogP contribution is 2.27. The third-order valence-electron chi connectivity index (χ3n) is 1.98. The molecule has 0 atom stereocenters. The molecule has 0 aromatic heterocycles. The molecule has 0 amide bonds. The maximum absolute atomic E-state index is 12.0. The Morgan fingerprint density at radius 3 is 2.47 bits per heavy atom. The van der Waals surface area contributed by atoms with Crippen molar-refractivity contribution < 1.29 is 17.9 Å². The normalized spacial score (nSPS) is 11.5. The molecule has 2 nitrogen and oxygen atoms in total. The number of ether oxygens (including phenoxy) is 1. The van der Waals surface area contributed by atoms with Crippen LogP contribution in [0.15, 0.2) is 18.2 Å². The molecule has 5 heteroatoms. The van der Waals surface area contributed by atoms with Gasteiger partial charge in [-0.1, -0.05) is 19.1 Å². The number of aryl methyl sites for hydroxylation is 1. The quantitative estimate of drug-likeness (QED) is 0.848. The lowest BCUT2D eigenvalue weighted by molar-refractivity contribution is -0.274. The molecule has 0 aliphatic carbocycles. The van der Waals surface area contributed by atoms with Crippen molar-refractivity contribution in [3.8, 4) is 5.75 Å². The summed E-state index contributed by atoms with van der Waals surface area (Å²) < 4.78 is 39.8. The lowest BCUT2D eigenvalue weighted by Crippen LogP contribution is -2.18. The highest BCUT2D eigenvalue weighted by Gasteiger charge is 2.31. The van der Waals surface area contributed by atoms with Gasteiger partial charge in [0.2, 0.25) is 0 Å². The van der Waals surface area contributed by atoms with E-state index < -0.39 is 6.36 Å². The number of halogens is 3. The molecule has 84 valence electrons. The third-order valence-corrected chi connectivity index (χ3v) is 1.98. The van der Waals surface area contributed by atoms with Gasteiger partial charge in [0.1, 0.15) is 5.75 Å². The first-order valence-corrected chi connectivity index (χ1v) is 4.54. The van der Waals surface area contributed by atoms with Crippen molar-refractivity contribution in [2.75, 3.05) is 0 Å². The van der Waals surface area contributed by atoms with Crippen molar-refractivity contribution in [1.82, 2.24) is 0 Å². The first kappa shape index (κ1) is 11.8. The summed E-state index contributed by atoms with van der Waals surface area (Å²) in [6.45, 7) is 1.94. The summed E-state index contributed by atoms with van der Waals surface area (Å²) >= 11 is 0. The van der Waals surface area contributed by atoms with Crippen molar-refractivity contribution >= 4 is 0 Å². The molecule has 0 heterocycles. The molecule has 0 radical (unpaired) electrons. The van der Waals surface area contributed by atoms with Gasteiger partial charge in [0, 0.05) is 12.1 Å². The van der Waals surface area contributed by atoms with E-state index in [4.69, 9.17) is 5.73 Å². The molecule has 15 heavy (non-hydrogen) atoms. The largest absolute Gasteiger partial charge is 0.573 e. The van der Waals surface area contributed by atoms with E-state index in [2.05, 4.69) is 4.74 Å². The molecule has 0 aliphatic rings. The van der Waals surface area contributed by atoms with Crippen LogP contribution in [0.3, 0.4) is 0 Å². The van der Waals surface area contributed by atoms with Crippen LogP contribution in [-0.2, 0) is 13.0 Å². The number of nitrogens with two attached hydrogens (primary N) is 1. The van der Waals surface area contributed by atoms with E-state index in [0.29, 0.717) is 5.56 Å². The second-order valence-electron chi connectivity index (χ2n) is 3.05. The van der Waals surface area contributed by atoms with Gasteiger partial charge in [-0.15, -0.1) is 13.2 Å². The van der Waals surface area contributed by atoms with Gasteiger partial charge >= 0.3 is 6.36 Å². The molecular formula is C10H12F3NO. The van der Waals surface area contributed by atoms with E-state index in [1.54, 1.807) is 12.1 Å². The predicted octanol–water partition coefficient (Wildman–Crippen LogP) is 2.61. The van der Waals surface area contributed by atoms with Crippen LogP contribution in [0.4, 0.5) is 13.2 Å². The van der Waals surface area contributed by atoms with Crippen LogP contribution < -0.4 is 10.5 Å². The van der Waals surface area contributed by atoms with Crippen LogP contribution >= 0.6 is 0 Å². The fourth-order valence-electron chi connectivity index (χ4n) is 1.24. The monoisotopic (exact) mass is 219 g/mol. The molecule has 1 aromatic carbocycles. The summed E-state index contributed by atoms with van der Waals surface area (Å²) in [6.07, 6.45) is -3.92. The Balaban J connectivity index is 2.97. The molecular weight excluding hydrogens is 207 g/mol. The Morgan fingerprint density at radius 2 is 2.00 bits per heavy atom. The second-order valence-corrected chi connectivity index (χ2v) is 3.05. The van der Waals surface area contributed by atoms with Crippen LogP contribution in [0.25, 0.3) is 0 Å². The van der Waals surface area contributed by atoms with Gasteiger partial charge in [-0.05, 0) is 18.1 Å². The van der Waals surface area contributed by atoms with Crippen LogP contribution in [0.2, 0.25) is 0 Å². The zero-order valence-corrected chi connectivity index (χ0v) is 8.27. The predicted molar refractivity (Wildman–Crippen MR) is 50.4 cm³/mol. The van der Waals surface area contributed by atoms with Crippen molar-refractivity contribution in [3.05, 3.63) is 29.3 Å². The Labute approximate surface area is 85.8 Å². The fourth-order valence-corrected chi connectivity index (χ4v) is 1.24. The Hall–Kier alpha value is -1.23. The van der Waals surface area contributed by atoms with Crippen LogP contribution in [0.1, 0.15) is 18.1 Å². The Bertz CT molecular complexity index is 336. The van der Waals surface area contributed by atoms with Gasteiger partial charge < -0.3 is 10.5 Å². The second kappa shape index (κ2) is 4.53. The zero-order valence-electron chi connectivity index (χ0n) is 8.27. The standard InChI is InChI=1S/C10H12F3NO/c1-2-7-3-4-9(8(5-7)6-14)15-10(11,12)13/h3-5H,2,6,14H2,1H3. The van der Waals surface area contributed by atoms with E-state index in [1.165, 1.54) is 6.07 Å². The Morgan fingerprint density at radius 1 is 1.33 bits per heavy atom. The first-order chi connectivity index (χ1) is 6.96. The van der Waals surface area contributed by atoms with Gasteiger partial charge in [0.05, 0.1) is 0 Å². The number of rotatable bonds is 3. The van der Waals surface area contributed by atoms with E-state index >= 15 is 0 Å². The molecule has 0 spiro atoms. The first-order valence-electron chi connectivity index (χ1n) is 4.54. The van der Waals surface area contributed by atoms with Gasteiger partial charge in [-0.2, -0.15) is 0 Å². The van der Waals surface area contributed by atoms with E-state index in [9.17, 15) is 13.2 Å². The molecule has 0 saturated carbocycles. The molecule has 2 N–H and O–H groups in total. The maximum Gasteiger partial charge on any atom is 0.573 e. The summed E-state index contributed by atoms with van der Waals surface area (Å²) in [5.41, 5.74) is 6.65. The number of benzene rings is 1. The van der Waals surface area contributed by atoms with Crippen molar-refractivity contribution in [2.24, 2.45) is 5.73 Å². The van der Waals surface area contributed by atoms with Gasteiger partial charge in [-0.25, -0.2) is 0 Å². The summed E-state index contributed by atoms with van der Waals surface area (Å²) in [7, 11) is 0. The smallest absolute Gasteiger partial charge is 0.405 e. The van der Waals surface area contributed by atoms with E-state index in [-0.39, 0.29) is 12.3 Å². The van der Waals surface area contributed by atoms with Crippen molar-refractivity contribution in [2.45, 2.75) is 26.3 Å². The fraction of sp³-hybridized carbons (Fsp3) is 0.400. The average molecular weight is 219 g/mol. The molecule has 0 aliphatic heterocycles. The molecule has 0 bridgehead atoms. The number of alkyl halides is 3. The van der Waals surface area contributed by atoms with Gasteiger partial charge in [-0.3, -0.25) is 0 Å². The van der Waals surface area contributed by atoms with Crippen LogP contribution in [-0.4, -0.2) is 6.36 Å². The lowest BCUT2D eigenvalue weighted by atomic mass is 10.1. The molecule has 0 saturated heterocycles. The number of hydrogen-bond donors (Lipinski definition) is 1. The van der Waals surface area contributed by atoms with Crippen LogP contribution in [0, 0.1) is 0 Å². The summed E-state index contributed by atoms with van der Waals surface area (Å²) in [5, 5.41) is 0. The van der Waals surface area contributed by atoms with E-state index in [1.807, 2.05) is 6.92 Å². The summed E-state index contributed by atoms with van der Waals surface area (Å²) in [4.78, 5) is 0. The minimum absolute atomic E-state index is 0.0270. The minimum Gasteiger partial charge on any atom is -0.405 e. The topological polar surface area (TPSA) is 35.2 Å². The lowest BCUT2D eigenvalue weighted by Gasteiger charge is -2.13. The zero-order chi connectivity index (χ0) is 11.5. The molecule has 0 fully saturated rings. The Kier molecular flexibility index (Phi) is 3.57. The van der Waals surface area contributed by atoms with Crippen LogP contribution in [0.5, 0.6) is 5.75 Å². The molecule has 1 aromatic rings. The average Bonchev–Trinajstić information content (AvgIpc) is 2.16. The maximum atomic E-state index is 12.0. The van der Waals surface area contributed by atoms with Crippen molar-refractivity contribution in [3.63, 3.8) is 0 Å². The number of hydrogen-bond acceptors (Lipinski definition) is 2.